The molecule has 1 aromatic carbocycles. The number of benzene rings is 1. The molecule has 1 aromatic heterocycles. The normalized spacial score (nSPS) is 21.3. The van der Waals surface area contributed by atoms with Crippen LogP contribution in [0.15, 0.2) is 36.7 Å². The number of fused-ring (bicyclic) bond motifs is 1. The summed E-state index contributed by atoms with van der Waals surface area (Å²) in [4.78, 5) is 27.6. The van der Waals surface area contributed by atoms with E-state index in [-0.39, 0.29) is 5.91 Å². The van der Waals surface area contributed by atoms with Gasteiger partial charge in [-0.05, 0) is 30.4 Å². The molecule has 5 heteroatoms. The Morgan fingerprint density at radius 1 is 1.19 bits per heavy atom. The lowest BCUT2D eigenvalue weighted by atomic mass is 9.95. The SMILES string of the molecule is O=C(O)[C@H]1CCC[C@H]1C(=O)Nc1cccc2ccncc12. The monoisotopic (exact) mass is 284 g/mol. The maximum absolute atomic E-state index is 12.4. The number of rotatable bonds is 3. The van der Waals surface area contributed by atoms with Crippen LogP contribution in [-0.2, 0) is 9.59 Å². The zero-order valence-corrected chi connectivity index (χ0v) is 11.5. The third-order valence-electron chi connectivity index (χ3n) is 4.11. The van der Waals surface area contributed by atoms with Crippen LogP contribution < -0.4 is 5.32 Å². The number of hydrogen-bond acceptors (Lipinski definition) is 3. The second kappa shape index (κ2) is 5.52. The zero-order chi connectivity index (χ0) is 14.8. The number of nitrogens with zero attached hydrogens (tertiary/aromatic N) is 1. The number of carbonyl (C=O) groups excluding carboxylic acids is 1. The van der Waals surface area contributed by atoms with Gasteiger partial charge in [0.1, 0.15) is 0 Å². The number of anilines is 1. The van der Waals surface area contributed by atoms with Crippen LogP contribution in [0.25, 0.3) is 10.8 Å². The Balaban J connectivity index is 1.85. The summed E-state index contributed by atoms with van der Waals surface area (Å²) in [6.45, 7) is 0. The van der Waals surface area contributed by atoms with Gasteiger partial charge in [-0.3, -0.25) is 14.6 Å². The van der Waals surface area contributed by atoms with Crippen molar-refractivity contribution in [3.8, 4) is 0 Å². The Labute approximate surface area is 122 Å². The van der Waals surface area contributed by atoms with Crippen LogP contribution in [0.1, 0.15) is 19.3 Å². The molecule has 2 atom stereocenters. The molecule has 2 aromatic rings. The lowest BCUT2D eigenvalue weighted by Gasteiger charge is -2.16. The quantitative estimate of drug-likeness (QED) is 0.908. The Morgan fingerprint density at radius 2 is 2.00 bits per heavy atom. The summed E-state index contributed by atoms with van der Waals surface area (Å²) in [5, 5.41) is 13.9. The van der Waals surface area contributed by atoms with Gasteiger partial charge < -0.3 is 10.4 Å². The number of carboxylic acid groups (broad SMARTS) is 1. The molecule has 1 amide bonds. The highest BCUT2D eigenvalue weighted by Crippen LogP contribution is 2.33. The number of aliphatic carboxylic acids is 1. The van der Waals surface area contributed by atoms with E-state index in [1.54, 1.807) is 12.4 Å². The van der Waals surface area contributed by atoms with Crippen LogP contribution in [-0.4, -0.2) is 22.0 Å². The molecular weight excluding hydrogens is 268 g/mol. The van der Waals surface area contributed by atoms with Gasteiger partial charge in [0.2, 0.25) is 5.91 Å². The van der Waals surface area contributed by atoms with Gasteiger partial charge >= 0.3 is 5.97 Å². The van der Waals surface area contributed by atoms with Crippen LogP contribution >= 0.6 is 0 Å². The third kappa shape index (κ3) is 2.59. The van der Waals surface area contributed by atoms with E-state index in [0.717, 1.165) is 17.2 Å². The molecule has 1 saturated carbocycles. The second-order valence-corrected chi connectivity index (χ2v) is 5.37. The van der Waals surface area contributed by atoms with E-state index < -0.39 is 17.8 Å². The second-order valence-electron chi connectivity index (χ2n) is 5.37. The van der Waals surface area contributed by atoms with Crippen LogP contribution in [0, 0.1) is 11.8 Å². The zero-order valence-electron chi connectivity index (χ0n) is 11.5. The Hall–Kier alpha value is -2.43. The van der Waals surface area contributed by atoms with E-state index >= 15 is 0 Å². The van der Waals surface area contributed by atoms with Gasteiger partial charge in [-0.2, -0.15) is 0 Å². The summed E-state index contributed by atoms with van der Waals surface area (Å²) in [6.07, 6.45) is 5.39. The highest BCUT2D eigenvalue weighted by atomic mass is 16.4. The molecule has 3 rings (SSSR count). The van der Waals surface area contributed by atoms with E-state index in [2.05, 4.69) is 10.3 Å². The van der Waals surface area contributed by atoms with Crippen molar-refractivity contribution in [3.05, 3.63) is 36.7 Å². The molecule has 0 saturated heterocycles. The molecule has 0 radical (unpaired) electrons. The lowest BCUT2D eigenvalue weighted by molar-refractivity contribution is -0.145. The first-order valence-corrected chi connectivity index (χ1v) is 7.03. The first-order chi connectivity index (χ1) is 10.2. The van der Waals surface area contributed by atoms with Gasteiger partial charge in [-0.1, -0.05) is 18.6 Å². The molecule has 1 aliphatic carbocycles. The third-order valence-corrected chi connectivity index (χ3v) is 4.11. The Kier molecular flexibility index (Phi) is 3.56. The molecular formula is C16H16N2O3. The van der Waals surface area contributed by atoms with Crippen LogP contribution in [0.3, 0.4) is 0 Å². The van der Waals surface area contributed by atoms with Crippen LogP contribution in [0.4, 0.5) is 5.69 Å². The summed E-state index contributed by atoms with van der Waals surface area (Å²) in [5.74, 6) is -2.11. The van der Waals surface area contributed by atoms with Gasteiger partial charge in [0.05, 0.1) is 17.5 Å². The van der Waals surface area contributed by atoms with Crippen molar-refractivity contribution < 1.29 is 14.7 Å². The van der Waals surface area contributed by atoms with Crippen molar-refractivity contribution in [2.45, 2.75) is 19.3 Å². The maximum atomic E-state index is 12.4. The van der Waals surface area contributed by atoms with E-state index in [0.29, 0.717) is 18.5 Å². The molecule has 0 aliphatic heterocycles. The molecule has 0 spiro atoms. The van der Waals surface area contributed by atoms with E-state index in [1.807, 2.05) is 24.3 Å². The van der Waals surface area contributed by atoms with E-state index in [1.165, 1.54) is 0 Å². The van der Waals surface area contributed by atoms with E-state index in [9.17, 15) is 14.7 Å². The fourth-order valence-electron chi connectivity index (χ4n) is 3.02. The number of carboxylic acids is 1. The predicted molar refractivity (Wildman–Crippen MR) is 78.8 cm³/mol. The van der Waals surface area contributed by atoms with Crippen molar-refractivity contribution in [2.24, 2.45) is 11.8 Å². The summed E-state index contributed by atoms with van der Waals surface area (Å²) in [6, 6.07) is 7.50. The number of amides is 1. The Morgan fingerprint density at radius 3 is 2.81 bits per heavy atom. The van der Waals surface area contributed by atoms with Crippen molar-refractivity contribution in [3.63, 3.8) is 0 Å². The summed E-state index contributed by atoms with van der Waals surface area (Å²) in [7, 11) is 0. The summed E-state index contributed by atoms with van der Waals surface area (Å²) >= 11 is 0. The minimum atomic E-state index is -0.882. The summed E-state index contributed by atoms with van der Waals surface area (Å²) in [5.41, 5.74) is 0.682. The molecule has 2 N–H and O–H groups in total. The average molecular weight is 284 g/mol. The van der Waals surface area contributed by atoms with Gasteiger partial charge in [-0.15, -0.1) is 0 Å². The van der Waals surface area contributed by atoms with Gasteiger partial charge in [0.25, 0.3) is 0 Å². The number of hydrogen-bond donors (Lipinski definition) is 2. The standard InChI is InChI=1S/C16H16N2O3/c19-15(11-4-2-5-12(11)16(20)21)18-14-6-1-3-10-7-8-17-9-13(10)14/h1,3,6-9,11-12H,2,4-5H2,(H,18,19)(H,20,21)/t11-,12+/m1/s1. The number of carbonyl (C=O) groups is 2. The molecule has 21 heavy (non-hydrogen) atoms. The molecule has 108 valence electrons. The average Bonchev–Trinajstić information content (AvgIpc) is 2.97. The van der Waals surface area contributed by atoms with Gasteiger partial charge in [0.15, 0.2) is 0 Å². The molecule has 5 nitrogen and oxygen atoms in total. The smallest absolute Gasteiger partial charge is 0.307 e. The number of aromatic nitrogens is 1. The van der Waals surface area contributed by atoms with Gasteiger partial charge in [0, 0.05) is 17.8 Å². The van der Waals surface area contributed by atoms with Gasteiger partial charge in [-0.25, -0.2) is 0 Å². The van der Waals surface area contributed by atoms with Crippen molar-refractivity contribution in [1.29, 1.82) is 0 Å². The molecule has 0 unspecified atom stereocenters. The first kappa shape index (κ1) is 13.5. The highest BCUT2D eigenvalue weighted by molar-refractivity contribution is 6.03. The minimum Gasteiger partial charge on any atom is -0.481 e. The molecule has 1 heterocycles. The molecule has 1 fully saturated rings. The largest absolute Gasteiger partial charge is 0.481 e. The van der Waals surface area contributed by atoms with E-state index in [4.69, 9.17) is 0 Å². The first-order valence-electron chi connectivity index (χ1n) is 7.03. The highest BCUT2D eigenvalue weighted by Gasteiger charge is 2.37. The van der Waals surface area contributed by atoms with Crippen molar-refractivity contribution >= 4 is 28.3 Å². The summed E-state index contributed by atoms with van der Waals surface area (Å²) < 4.78 is 0. The minimum absolute atomic E-state index is 0.212. The maximum Gasteiger partial charge on any atom is 0.307 e. The number of pyridine rings is 1. The van der Waals surface area contributed by atoms with Crippen molar-refractivity contribution in [1.82, 2.24) is 4.98 Å². The number of nitrogens with one attached hydrogen (secondary N) is 1. The predicted octanol–water partition coefficient (Wildman–Crippen LogP) is 2.67. The molecule has 0 bridgehead atoms. The Bertz CT molecular complexity index is 693. The lowest BCUT2D eigenvalue weighted by Crippen LogP contribution is -2.30. The van der Waals surface area contributed by atoms with Crippen molar-refractivity contribution in [2.75, 3.05) is 5.32 Å². The fraction of sp³-hybridized carbons (Fsp3) is 0.312. The van der Waals surface area contributed by atoms with Crippen LogP contribution in [0.2, 0.25) is 0 Å². The topological polar surface area (TPSA) is 79.3 Å². The fourth-order valence-corrected chi connectivity index (χ4v) is 3.02. The van der Waals surface area contributed by atoms with Crippen LogP contribution in [0.5, 0.6) is 0 Å². The molecule has 1 aliphatic rings.